The summed E-state index contributed by atoms with van der Waals surface area (Å²) >= 11 is 0. The lowest BCUT2D eigenvalue weighted by atomic mass is 9.76. The van der Waals surface area contributed by atoms with E-state index >= 15 is 0 Å². The number of carbonyl (C=O) groups excluding carboxylic acids is 3. The highest BCUT2D eigenvalue weighted by Crippen LogP contribution is 2.39. The fourth-order valence-electron chi connectivity index (χ4n) is 7.64. The summed E-state index contributed by atoms with van der Waals surface area (Å²) in [6.07, 6.45) is -15.9. The van der Waals surface area contributed by atoms with Crippen LogP contribution in [-0.4, -0.2) is 147 Å². The number of alkyl halides is 3. The Morgan fingerprint density at radius 2 is 1.62 bits per heavy atom. The van der Waals surface area contributed by atoms with Crippen molar-refractivity contribution in [2.75, 3.05) is 13.2 Å². The van der Waals surface area contributed by atoms with Crippen LogP contribution >= 0.6 is 0 Å². The van der Waals surface area contributed by atoms with Crippen molar-refractivity contribution in [1.82, 2.24) is 16.2 Å². The molecule has 1 heterocycles. The van der Waals surface area contributed by atoms with Crippen molar-refractivity contribution in [3.05, 3.63) is 0 Å². The van der Waals surface area contributed by atoms with Gasteiger partial charge in [0.15, 0.2) is 18.7 Å². The molecule has 18 nitrogen and oxygen atoms in total. The zero-order valence-corrected chi connectivity index (χ0v) is 31.9. The molecule has 9 N–H and O–H groups in total. The van der Waals surface area contributed by atoms with Crippen molar-refractivity contribution in [2.45, 2.75) is 165 Å². The van der Waals surface area contributed by atoms with Crippen molar-refractivity contribution in [3.8, 4) is 0 Å². The number of ether oxygens (including phenoxy) is 5. The predicted molar refractivity (Wildman–Crippen MR) is 185 cm³/mol. The van der Waals surface area contributed by atoms with E-state index in [1.54, 1.807) is 12.3 Å². The van der Waals surface area contributed by atoms with E-state index < -0.39 is 128 Å². The number of nitrogens with one attached hydrogen (secondary N) is 3. The van der Waals surface area contributed by atoms with Crippen LogP contribution in [0.3, 0.4) is 0 Å². The van der Waals surface area contributed by atoms with Crippen LogP contribution in [-0.2, 0) is 42.9 Å². The number of hydrazine groups is 1. The summed E-state index contributed by atoms with van der Waals surface area (Å²) in [7, 11) is 0. The highest BCUT2D eigenvalue weighted by Gasteiger charge is 2.52. The third-order valence-electron chi connectivity index (χ3n) is 10.6. The average Bonchev–Trinajstić information content (AvgIpc) is 3.14. The Labute approximate surface area is 322 Å². The summed E-state index contributed by atoms with van der Waals surface area (Å²) in [6, 6.07) is -1.41. The molecule has 0 bridgehead atoms. The summed E-state index contributed by atoms with van der Waals surface area (Å²) < 4.78 is 69.0. The first-order valence-corrected chi connectivity index (χ1v) is 19.0. The molecule has 324 valence electrons. The van der Waals surface area contributed by atoms with Crippen molar-refractivity contribution < 1.29 is 86.7 Å². The number of amides is 3. The van der Waals surface area contributed by atoms with Crippen LogP contribution in [0.4, 0.5) is 13.2 Å². The zero-order chi connectivity index (χ0) is 41.9. The van der Waals surface area contributed by atoms with Crippen LogP contribution < -0.4 is 16.2 Å². The van der Waals surface area contributed by atoms with E-state index in [-0.39, 0.29) is 25.2 Å². The van der Waals surface area contributed by atoms with Crippen LogP contribution in [0.15, 0.2) is 0 Å². The molecule has 21 heteroatoms. The molecule has 0 radical (unpaired) electrons. The van der Waals surface area contributed by atoms with Gasteiger partial charge in [-0.1, -0.05) is 45.4 Å². The molecule has 2 aliphatic carbocycles. The number of carboxylic acid groups (broad SMARTS) is 1. The van der Waals surface area contributed by atoms with Gasteiger partial charge in [-0.2, -0.15) is 13.2 Å². The molecule has 0 aromatic rings. The van der Waals surface area contributed by atoms with E-state index in [0.717, 1.165) is 39.0 Å². The van der Waals surface area contributed by atoms with Crippen molar-refractivity contribution >= 4 is 23.7 Å². The van der Waals surface area contributed by atoms with Crippen molar-refractivity contribution in [1.29, 1.82) is 0 Å². The molecule has 1 saturated heterocycles. The van der Waals surface area contributed by atoms with Gasteiger partial charge in [0, 0.05) is 12.8 Å². The monoisotopic (exact) mass is 817 g/mol. The molecular formula is C35H58F3N3O15. The molecule has 0 aromatic heterocycles. The topological polar surface area (TPSA) is 272 Å². The Hall–Kier alpha value is -2.73. The number of rotatable bonds is 18. The smallest absolute Gasteiger partial charge is 0.472 e. The number of halogens is 3. The van der Waals surface area contributed by atoms with Gasteiger partial charge in [-0.15, -0.1) is 0 Å². The maximum absolute atomic E-state index is 13.2. The van der Waals surface area contributed by atoms with Crippen LogP contribution in [0.25, 0.3) is 0 Å². The number of carbonyl (C=O) groups is 4. The van der Waals surface area contributed by atoms with Gasteiger partial charge >= 0.3 is 18.1 Å². The number of aliphatic carboxylic acids is 1. The largest absolute Gasteiger partial charge is 0.479 e. The van der Waals surface area contributed by atoms with Gasteiger partial charge in [-0.25, -0.2) is 4.79 Å². The minimum absolute atomic E-state index is 0.00863. The minimum Gasteiger partial charge on any atom is -0.479 e. The standard InChI is InChI=1S/C35H58F3N3O15/c1-5-20-12-21(31(48)40-41-34(51)35(36,37)38)13-23(29(20)53-18(4)52-16(2)27(46)22(45)14-42)55-33-26(39-17(3)44)30(28(47)25(15-43)56-33)54-24(32(49)50)11-19-9-7-6-8-10-19/h16,18-30,33,42-43,45-47H,5-15H2,1-4H3,(H,39,44)(H,40,48)(H,41,51)(H,49,50)/t16?,18-,20+,21?,22+,23?,24-,25-,26?,27?,28?,29?,30?,33+/m0/s1. The first-order valence-electron chi connectivity index (χ1n) is 19.0. The van der Waals surface area contributed by atoms with E-state index in [0.29, 0.717) is 6.42 Å². The lowest BCUT2D eigenvalue weighted by Crippen LogP contribution is -2.67. The summed E-state index contributed by atoms with van der Waals surface area (Å²) in [5.41, 5.74) is 3.12. The van der Waals surface area contributed by atoms with Gasteiger partial charge in [-0.05, 0) is 44.9 Å². The Bertz CT molecular complexity index is 1280. The fraction of sp³-hybridized carbons (Fsp3) is 0.886. The molecule has 0 spiro atoms. The van der Waals surface area contributed by atoms with E-state index in [9.17, 15) is 63.0 Å². The fourth-order valence-corrected chi connectivity index (χ4v) is 7.64. The van der Waals surface area contributed by atoms with Crippen molar-refractivity contribution in [2.24, 2.45) is 17.8 Å². The van der Waals surface area contributed by atoms with Crippen molar-refractivity contribution in [3.63, 3.8) is 0 Å². The van der Waals surface area contributed by atoms with Crippen LogP contribution in [0.2, 0.25) is 0 Å². The second-order valence-electron chi connectivity index (χ2n) is 14.8. The molecule has 3 aliphatic rings. The van der Waals surface area contributed by atoms with E-state index in [4.69, 9.17) is 23.7 Å². The van der Waals surface area contributed by atoms with Crippen LogP contribution in [0.5, 0.6) is 0 Å². The molecule has 14 atom stereocenters. The second-order valence-corrected chi connectivity index (χ2v) is 14.8. The molecule has 2 saturated carbocycles. The third-order valence-corrected chi connectivity index (χ3v) is 10.6. The summed E-state index contributed by atoms with van der Waals surface area (Å²) in [5.74, 6) is -7.05. The lowest BCUT2D eigenvalue weighted by Gasteiger charge is -2.48. The van der Waals surface area contributed by atoms with Gasteiger partial charge in [-0.3, -0.25) is 25.2 Å². The second kappa shape index (κ2) is 21.9. The van der Waals surface area contributed by atoms with Crippen LogP contribution in [0.1, 0.15) is 85.5 Å². The Balaban J connectivity index is 1.97. The predicted octanol–water partition coefficient (Wildman–Crippen LogP) is -0.240. The quantitative estimate of drug-likeness (QED) is 0.0638. The van der Waals surface area contributed by atoms with Gasteiger partial charge in [0.25, 0.3) is 0 Å². The molecule has 8 unspecified atom stereocenters. The third kappa shape index (κ3) is 13.4. The highest BCUT2D eigenvalue weighted by atomic mass is 19.4. The molecule has 0 aromatic carbocycles. The van der Waals surface area contributed by atoms with E-state index in [1.807, 2.05) is 0 Å². The maximum atomic E-state index is 13.2. The van der Waals surface area contributed by atoms with Gasteiger partial charge in [0.2, 0.25) is 11.8 Å². The molecule has 3 fully saturated rings. The minimum atomic E-state index is -5.29. The van der Waals surface area contributed by atoms with Gasteiger partial charge < -0.3 is 59.6 Å². The normalized spacial score (nSPS) is 31.7. The number of aliphatic hydroxyl groups excluding tert-OH is 5. The molecule has 3 rings (SSSR count). The Kier molecular flexibility index (Phi) is 18.6. The number of hydrogen-bond donors (Lipinski definition) is 9. The van der Waals surface area contributed by atoms with E-state index in [2.05, 4.69) is 5.32 Å². The first-order chi connectivity index (χ1) is 26.3. The Morgan fingerprint density at radius 3 is 2.18 bits per heavy atom. The average molecular weight is 818 g/mol. The maximum Gasteiger partial charge on any atom is 0.472 e. The first kappa shape index (κ1) is 47.6. The number of aliphatic hydroxyl groups is 5. The van der Waals surface area contributed by atoms with Gasteiger partial charge in [0.05, 0.1) is 31.5 Å². The zero-order valence-electron chi connectivity index (χ0n) is 31.9. The summed E-state index contributed by atoms with van der Waals surface area (Å²) in [4.78, 5) is 49.7. The number of hydrogen-bond acceptors (Lipinski definition) is 14. The van der Waals surface area contributed by atoms with E-state index in [1.165, 1.54) is 19.3 Å². The Morgan fingerprint density at radius 1 is 0.964 bits per heavy atom. The highest BCUT2D eigenvalue weighted by molar-refractivity contribution is 5.86. The molecule has 3 amide bonds. The SMILES string of the molecule is CC[C@@H]1CC(C(=O)NNC(=O)C(F)(F)F)CC(O[C@@H]2O[C@@H](CO)C(O)C(O[C@@H](CC3CCCCC3)C(=O)O)C2NC(C)=O)C1O[C@@H](C)OC(C)C(O)[C@H](O)CO. The van der Waals surface area contributed by atoms with Crippen LogP contribution in [0, 0.1) is 17.8 Å². The molecular weight excluding hydrogens is 759 g/mol. The molecule has 1 aliphatic heterocycles. The summed E-state index contributed by atoms with van der Waals surface area (Å²) in [5, 5.41) is 63.7. The number of carboxylic acids is 1. The molecule has 56 heavy (non-hydrogen) atoms. The van der Waals surface area contributed by atoms with Gasteiger partial charge in [0.1, 0.15) is 36.6 Å². The lowest BCUT2D eigenvalue weighted by molar-refractivity contribution is -0.315. The summed E-state index contributed by atoms with van der Waals surface area (Å²) in [6.45, 7) is 4.20.